The van der Waals surface area contributed by atoms with Gasteiger partial charge in [-0.1, -0.05) is 6.92 Å². The van der Waals surface area contributed by atoms with Crippen molar-refractivity contribution in [3.8, 4) is 0 Å². The van der Waals surface area contributed by atoms with Gasteiger partial charge < -0.3 is 9.47 Å². The molecule has 1 heterocycles. The molecule has 0 N–H and O–H groups in total. The molecule has 19 heavy (non-hydrogen) atoms. The van der Waals surface area contributed by atoms with E-state index >= 15 is 0 Å². The molecule has 1 saturated heterocycles. The van der Waals surface area contributed by atoms with Gasteiger partial charge in [-0.15, -0.1) is 0 Å². The van der Waals surface area contributed by atoms with Crippen LogP contribution in [0.4, 0.5) is 13.6 Å². The number of morpholine rings is 1. The van der Waals surface area contributed by atoms with Crippen molar-refractivity contribution in [2.24, 2.45) is 0 Å². The van der Waals surface area contributed by atoms with Gasteiger partial charge in [0.25, 0.3) is 11.8 Å². The van der Waals surface area contributed by atoms with Gasteiger partial charge in [-0.05, 0) is 20.8 Å². The van der Waals surface area contributed by atoms with Gasteiger partial charge >= 0.3 is 6.09 Å². The molecule has 0 bridgehead atoms. The molecule has 1 aliphatic heterocycles. The van der Waals surface area contributed by atoms with Crippen molar-refractivity contribution in [3.63, 3.8) is 0 Å². The van der Waals surface area contributed by atoms with E-state index in [0.29, 0.717) is 4.90 Å². The predicted molar refractivity (Wildman–Crippen MR) is 62.9 cm³/mol. The Labute approximate surface area is 110 Å². The number of ether oxygens (including phenoxy) is 2. The number of carbonyl (C=O) groups is 2. The van der Waals surface area contributed by atoms with E-state index in [1.165, 1.54) is 6.92 Å². The maximum Gasteiger partial charge on any atom is 0.417 e. The van der Waals surface area contributed by atoms with Crippen LogP contribution in [0.15, 0.2) is 0 Å². The number of hydrogen-bond acceptors (Lipinski definition) is 4. The predicted octanol–water partition coefficient (Wildman–Crippen LogP) is 2.19. The van der Waals surface area contributed by atoms with Gasteiger partial charge in [-0.25, -0.2) is 18.5 Å². The molecule has 1 rings (SSSR count). The van der Waals surface area contributed by atoms with Crippen molar-refractivity contribution in [3.05, 3.63) is 0 Å². The third-order valence-electron chi connectivity index (χ3n) is 2.61. The topological polar surface area (TPSA) is 55.8 Å². The van der Waals surface area contributed by atoms with E-state index in [0.717, 1.165) is 0 Å². The lowest BCUT2D eigenvalue weighted by Gasteiger charge is -2.35. The van der Waals surface area contributed by atoms with Crippen molar-refractivity contribution in [2.45, 2.75) is 51.7 Å². The molecule has 0 aromatic carbocycles. The molecule has 1 fully saturated rings. The van der Waals surface area contributed by atoms with Crippen LogP contribution in [0.25, 0.3) is 0 Å². The number of hydrogen-bond donors (Lipinski definition) is 0. The third-order valence-corrected chi connectivity index (χ3v) is 2.61. The summed E-state index contributed by atoms with van der Waals surface area (Å²) >= 11 is 0. The molecule has 1 aliphatic rings. The quantitative estimate of drug-likeness (QED) is 0.777. The van der Waals surface area contributed by atoms with Crippen molar-refractivity contribution < 1.29 is 27.8 Å². The molecule has 0 radical (unpaired) electrons. The highest BCUT2D eigenvalue weighted by molar-refractivity contribution is 5.93. The number of rotatable bonds is 2. The third kappa shape index (κ3) is 4.12. The molecule has 0 aliphatic carbocycles. The van der Waals surface area contributed by atoms with Crippen molar-refractivity contribution >= 4 is 12.0 Å². The summed E-state index contributed by atoms with van der Waals surface area (Å²) in [7, 11) is 0. The number of imide groups is 1. The lowest BCUT2D eigenvalue weighted by molar-refractivity contribution is -0.179. The first-order chi connectivity index (χ1) is 8.57. The molecular formula is C12H19F2NO4. The largest absolute Gasteiger partial charge is 0.443 e. The summed E-state index contributed by atoms with van der Waals surface area (Å²) in [6.45, 7) is 5.18. The van der Waals surface area contributed by atoms with Gasteiger partial charge in [0.1, 0.15) is 18.3 Å². The molecule has 1 unspecified atom stereocenters. The highest BCUT2D eigenvalue weighted by atomic mass is 19.3. The molecule has 0 saturated carbocycles. The minimum atomic E-state index is -3.08. The van der Waals surface area contributed by atoms with Gasteiger partial charge in [0.05, 0.1) is 6.54 Å². The molecule has 0 aromatic rings. The number of amides is 2. The van der Waals surface area contributed by atoms with Crippen LogP contribution >= 0.6 is 0 Å². The van der Waals surface area contributed by atoms with E-state index in [4.69, 9.17) is 9.47 Å². The average Bonchev–Trinajstić information content (AvgIpc) is 2.26. The Morgan fingerprint density at radius 1 is 1.47 bits per heavy atom. The number of nitrogens with zero attached hydrogens (tertiary/aromatic N) is 1. The maximum atomic E-state index is 13.5. The van der Waals surface area contributed by atoms with Crippen molar-refractivity contribution in [1.29, 1.82) is 0 Å². The summed E-state index contributed by atoms with van der Waals surface area (Å²) in [5, 5.41) is 0. The zero-order valence-electron chi connectivity index (χ0n) is 11.5. The van der Waals surface area contributed by atoms with E-state index < -0.39 is 49.2 Å². The van der Waals surface area contributed by atoms with Crippen LogP contribution in [-0.4, -0.2) is 47.7 Å². The van der Waals surface area contributed by atoms with Crippen LogP contribution in [0.3, 0.4) is 0 Å². The Kier molecular flexibility index (Phi) is 4.50. The highest BCUT2D eigenvalue weighted by Crippen LogP contribution is 2.28. The molecule has 0 spiro atoms. The monoisotopic (exact) mass is 279 g/mol. The SMILES string of the molecule is CCC(F)(F)C1CN(C(=O)OC(C)(C)C)C(=O)CO1. The fourth-order valence-electron chi connectivity index (χ4n) is 1.55. The highest BCUT2D eigenvalue weighted by Gasteiger charge is 2.45. The second-order valence-corrected chi connectivity index (χ2v) is 5.40. The molecule has 2 amide bonds. The Hall–Kier alpha value is -1.24. The molecule has 1 atom stereocenters. The molecule has 7 heteroatoms. The van der Waals surface area contributed by atoms with Gasteiger partial charge in [0, 0.05) is 6.42 Å². The standard InChI is InChI=1S/C12H19F2NO4/c1-5-12(13,14)8-6-15(9(16)7-18-8)10(17)19-11(2,3)4/h8H,5-7H2,1-4H3. The zero-order chi connectivity index (χ0) is 14.8. The van der Waals surface area contributed by atoms with E-state index in [2.05, 4.69) is 0 Å². The summed E-state index contributed by atoms with van der Waals surface area (Å²) in [5.41, 5.74) is -0.793. The summed E-state index contributed by atoms with van der Waals surface area (Å²) in [6.07, 6.45) is -2.82. The van der Waals surface area contributed by atoms with Gasteiger partial charge in [-0.2, -0.15) is 0 Å². The fraction of sp³-hybridized carbons (Fsp3) is 0.833. The van der Waals surface area contributed by atoms with E-state index in [9.17, 15) is 18.4 Å². The van der Waals surface area contributed by atoms with Crippen molar-refractivity contribution in [2.75, 3.05) is 13.2 Å². The van der Waals surface area contributed by atoms with Crippen LogP contribution in [-0.2, 0) is 14.3 Å². The Morgan fingerprint density at radius 3 is 2.53 bits per heavy atom. The minimum Gasteiger partial charge on any atom is -0.443 e. The lowest BCUT2D eigenvalue weighted by Crippen LogP contribution is -2.55. The van der Waals surface area contributed by atoms with E-state index in [1.807, 2.05) is 0 Å². The van der Waals surface area contributed by atoms with Crippen LogP contribution in [0.5, 0.6) is 0 Å². The van der Waals surface area contributed by atoms with Gasteiger partial charge in [0.2, 0.25) is 0 Å². The fourth-order valence-corrected chi connectivity index (χ4v) is 1.55. The average molecular weight is 279 g/mol. The number of carbonyl (C=O) groups excluding carboxylic acids is 2. The van der Waals surface area contributed by atoms with Crippen LogP contribution in [0, 0.1) is 0 Å². The minimum absolute atomic E-state index is 0.423. The van der Waals surface area contributed by atoms with Crippen LogP contribution in [0.2, 0.25) is 0 Å². The lowest BCUT2D eigenvalue weighted by atomic mass is 10.1. The van der Waals surface area contributed by atoms with Crippen LogP contribution < -0.4 is 0 Å². The van der Waals surface area contributed by atoms with E-state index in [1.54, 1.807) is 20.8 Å². The normalized spacial score (nSPS) is 21.5. The maximum absolute atomic E-state index is 13.5. The summed E-state index contributed by atoms with van der Waals surface area (Å²) in [5.74, 6) is -3.75. The molecule has 110 valence electrons. The molecule has 5 nitrogen and oxygen atoms in total. The Bertz CT molecular complexity index is 365. The van der Waals surface area contributed by atoms with Crippen LogP contribution in [0.1, 0.15) is 34.1 Å². The smallest absolute Gasteiger partial charge is 0.417 e. The summed E-state index contributed by atoms with van der Waals surface area (Å²) in [6, 6.07) is 0. The van der Waals surface area contributed by atoms with E-state index in [-0.39, 0.29) is 0 Å². The summed E-state index contributed by atoms with van der Waals surface area (Å²) in [4.78, 5) is 24.0. The Balaban J connectivity index is 2.77. The molecular weight excluding hydrogens is 260 g/mol. The molecule has 0 aromatic heterocycles. The zero-order valence-corrected chi connectivity index (χ0v) is 11.5. The first-order valence-electron chi connectivity index (χ1n) is 6.09. The number of alkyl halides is 2. The first kappa shape index (κ1) is 15.8. The van der Waals surface area contributed by atoms with Crippen molar-refractivity contribution in [1.82, 2.24) is 4.90 Å². The number of halogens is 2. The van der Waals surface area contributed by atoms with Gasteiger partial charge in [0.15, 0.2) is 0 Å². The van der Waals surface area contributed by atoms with Gasteiger partial charge in [-0.3, -0.25) is 4.79 Å². The second kappa shape index (κ2) is 5.40. The Morgan fingerprint density at radius 2 is 2.05 bits per heavy atom. The first-order valence-corrected chi connectivity index (χ1v) is 6.09. The second-order valence-electron chi connectivity index (χ2n) is 5.40. The summed E-state index contributed by atoms with van der Waals surface area (Å²) < 4.78 is 36.9.